The number of nitrogens with two attached hydrogens (primary N) is 1. The number of hydrogen-bond acceptors (Lipinski definition) is 5. The zero-order valence-corrected chi connectivity index (χ0v) is 6.84. The first kappa shape index (κ1) is 7.72. The van der Waals surface area contributed by atoms with Gasteiger partial charge in [0.15, 0.2) is 0 Å². The van der Waals surface area contributed by atoms with Gasteiger partial charge in [-0.2, -0.15) is 0 Å². The van der Waals surface area contributed by atoms with E-state index in [1.165, 1.54) is 0 Å². The molecule has 0 saturated carbocycles. The third kappa shape index (κ3) is 1.81. The van der Waals surface area contributed by atoms with Crippen LogP contribution in [-0.2, 0) is 6.42 Å². The summed E-state index contributed by atoms with van der Waals surface area (Å²) >= 11 is 0. The standard InChI is InChI=1S/C8H8N4O/c9-8-12-11-7(13-8)4-6-2-1-3-10-5-6/h1-3,5H,4H2,(H2,9,12). The van der Waals surface area contributed by atoms with Gasteiger partial charge in [0, 0.05) is 12.4 Å². The quantitative estimate of drug-likeness (QED) is 0.726. The number of anilines is 1. The number of rotatable bonds is 2. The van der Waals surface area contributed by atoms with Gasteiger partial charge in [-0.05, 0) is 11.6 Å². The van der Waals surface area contributed by atoms with E-state index < -0.39 is 0 Å². The highest BCUT2D eigenvalue weighted by atomic mass is 16.4. The van der Waals surface area contributed by atoms with Crippen molar-refractivity contribution < 1.29 is 4.42 Å². The summed E-state index contributed by atoms with van der Waals surface area (Å²) in [6, 6.07) is 3.89. The minimum Gasteiger partial charge on any atom is -0.408 e. The lowest BCUT2D eigenvalue weighted by Gasteiger charge is -1.93. The molecular formula is C8H8N4O. The lowest BCUT2D eigenvalue weighted by Crippen LogP contribution is -1.88. The van der Waals surface area contributed by atoms with Crippen LogP contribution in [0.4, 0.5) is 6.01 Å². The first-order valence-electron chi connectivity index (χ1n) is 3.81. The van der Waals surface area contributed by atoms with Gasteiger partial charge in [-0.1, -0.05) is 11.2 Å². The zero-order valence-electron chi connectivity index (χ0n) is 6.84. The van der Waals surface area contributed by atoms with Crippen LogP contribution >= 0.6 is 0 Å². The molecule has 0 aliphatic heterocycles. The summed E-state index contributed by atoms with van der Waals surface area (Å²) in [6.45, 7) is 0. The number of nitrogen functional groups attached to an aromatic ring is 1. The van der Waals surface area contributed by atoms with Gasteiger partial charge in [-0.25, -0.2) is 0 Å². The lowest BCUT2D eigenvalue weighted by molar-refractivity contribution is 0.522. The van der Waals surface area contributed by atoms with Gasteiger partial charge in [0.25, 0.3) is 0 Å². The van der Waals surface area contributed by atoms with Crippen molar-refractivity contribution in [2.24, 2.45) is 0 Å². The van der Waals surface area contributed by atoms with Gasteiger partial charge in [0.2, 0.25) is 5.89 Å². The Morgan fingerprint density at radius 1 is 1.38 bits per heavy atom. The molecule has 0 saturated heterocycles. The molecule has 0 unspecified atom stereocenters. The fourth-order valence-electron chi connectivity index (χ4n) is 1.02. The van der Waals surface area contributed by atoms with E-state index in [1.807, 2.05) is 12.1 Å². The van der Waals surface area contributed by atoms with Crippen LogP contribution in [0.5, 0.6) is 0 Å². The summed E-state index contributed by atoms with van der Waals surface area (Å²) in [4.78, 5) is 3.97. The second-order valence-corrected chi connectivity index (χ2v) is 2.57. The highest BCUT2D eigenvalue weighted by molar-refractivity contribution is 5.14. The first-order valence-corrected chi connectivity index (χ1v) is 3.81. The topological polar surface area (TPSA) is 77.8 Å². The maximum atomic E-state index is 5.28. The number of nitrogens with zero attached hydrogens (tertiary/aromatic N) is 3. The molecule has 13 heavy (non-hydrogen) atoms. The smallest absolute Gasteiger partial charge is 0.312 e. The van der Waals surface area contributed by atoms with E-state index in [0.29, 0.717) is 12.3 Å². The molecular weight excluding hydrogens is 168 g/mol. The molecule has 0 aliphatic rings. The van der Waals surface area contributed by atoms with Gasteiger partial charge in [-0.15, -0.1) is 5.10 Å². The van der Waals surface area contributed by atoms with E-state index in [2.05, 4.69) is 15.2 Å². The van der Waals surface area contributed by atoms with Crippen LogP contribution in [-0.4, -0.2) is 15.2 Å². The Morgan fingerprint density at radius 2 is 2.31 bits per heavy atom. The van der Waals surface area contributed by atoms with Crippen LogP contribution in [0.3, 0.4) is 0 Å². The molecule has 5 nitrogen and oxygen atoms in total. The zero-order chi connectivity index (χ0) is 9.10. The monoisotopic (exact) mass is 176 g/mol. The Kier molecular flexibility index (Phi) is 1.91. The first-order chi connectivity index (χ1) is 6.34. The fourth-order valence-corrected chi connectivity index (χ4v) is 1.02. The molecule has 0 radical (unpaired) electrons. The van der Waals surface area contributed by atoms with Gasteiger partial charge in [0.1, 0.15) is 0 Å². The van der Waals surface area contributed by atoms with Crippen LogP contribution in [0.2, 0.25) is 0 Å². The molecule has 0 aliphatic carbocycles. The number of hydrogen-bond donors (Lipinski definition) is 1. The molecule has 2 N–H and O–H groups in total. The van der Waals surface area contributed by atoms with Crippen LogP contribution in [0, 0.1) is 0 Å². The van der Waals surface area contributed by atoms with Gasteiger partial charge < -0.3 is 10.2 Å². The van der Waals surface area contributed by atoms with Crippen molar-refractivity contribution in [3.05, 3.63) is 36.0 Å². The van der Waals surface area contributed by atoms with Crippen molar-refractivity contribution in [2.45, 2.75) is 6.42 Å². The van der Waals surface area contributed by atoms with Crippen molar-refractivity contribution in [2.75, 3.05) is 5.73 Å². The van der Waals surface area contributed by atoms with Crippen LogP contribution in [0.25, 0.3) is 0 Å². The fraction of sp³-hybridized carbons (Fsp3) is 0.125. The largest absolute Gasteiger partial charge is 0.408 e. The Hall–Kier alpha value is -1.91. The second kappa shape index (κ2) is 3.22. The third-order valence-corrected chi connectivity index (χ3v) is 1.56. The molecule has 0 atom stereocenters. The van der Waals surface area contributed by atoms with Crippen LogP contribution in [0.15, 0.2) is 28.9 Å². The van der Waals surface area contributed by atoms with Gasteiger partial charge in [-0.3, -0.25) is 4.98 Å². The maximum Gasteiger partial charge on any atom is 0.312 e. The van der Waals surface area contributed by atoms with Gasteiger partial charge in [0.05, 0.1) is 6.42 Å². The summed E-state index contributed by atoms with van der Waals surface area (Å²) in [5.41, 5.74) is 6.30. The van der Waals surface area contributed by atoms with Crippen molar-refractivity contribution in [3.8, 4) is 0 Å². The SMILES string of the molecule is Nc1nnc(Cc2cccnc2)o1. The molecule has 66 valence electrons. The van der Waals surface area contributed by atoms with Crippen molar-refractivity contribution in [1.82, 2.24) is 15.2 Å². The van der Waals surface area contributed by atoms with E-state index >= 15 is 0 Å². The highest BCUT2D eigenvalue weighted by Crippen LogP contribution is 2.07. The van der Waals surface area contributed by atoms with Gasteiger partial charge >= 0.3 is 6.01 Å². The minimum absolute atomic E-state index is 0.0962. The molecule has 0 bridgehead atoms. The van der Waals surface area contributed by atoms with Crippen molar-refractivity contribution in [3.63, 3.8) is 0 Å². The summed E-state index contributed by atoms with van der Waals surface area (Å²) in [5, 5.41) is 7.30. The van der Waals surface area contributed by atoms with E-state index in [1.54, 1.807) is 12.4 Å². The number of pyridine rings is 1. The third-order valence-electron chi connectivity index (χ3n) is 1.56. The Labute approximate surface area is 74.6 Å². The highest BCUT2D eigenvalue weighted by Gasteiger charge is 2.03. The molecule has 0 spiro atoms. The summed E-state index contributed by atoms with van der Waals surface area (Å²) in [6.07, 6.45) is 4.03. The average molecular weight is 176 g/mol. The lowest BCUT2D eigenvalue weighted by atomic mass is 10.2. The Bertz CT molecular complexity index is 384. The molecule has 0 fully saturated rings. The minimum atomic E-state index is 0.0962. The normalized spacial score (nSPS) is 10.2. The second-order valence-electron chi connectivity index (χ2n) is 2.57. The molecule has 0 amide bonds. The molecule has 2 rings (SSSR count). The van der Waals surface area contributed by atoms with E-state index in [-0.39, 0.29) is 6.01 Å². The van der Waals surface area contributed by atoms with Crippen LogP contribution in [0.1, 0.15) is 11.5 Å². The molecule has 2 aromatic rings. The molecule has 2 aromatic heterocycles. The van der Waals surface area contributed by atoms with E-state index in [0.717, 1.165) is 5.56 Å². The van der Waals surface area contributed by atoms with Crippen molar-refractivity contribution in [1.29, 1.82) is 0 Å². The Morgan fingerprint density at radius 3 is 2.92 bits per heavy atom. The summed E-state index contributed by atoms with van der Waals surface area (Å²) in [7, 11) is 0. The molecule has 2 heterocycles. The summed E-state index contributed by atoms with van der Waals surface area (Å²) in [5.74, 6) is 0.505. The average Bonchev–Trinajstić information content (AvgIpc) is 2.53. The van der Waals surface area contributed by atoms with Crippen molar-refractivity contribution >= 4 is 6.01 Å². The number of aromatic nitrogens is 3. The Balaban J connectivity index is 2.15. The predicted octanol–water partition coefficient (Wildman–Crippen LogP) is 0.638. The maximum absolute atomic E-state index is 5.28. The summed E-state index contributed by atoms with van der Waals surface area (Å²) < 4.78 is 5.02. The van der Waals surface area contributed by atoms with Crippen LogP contribution < -0.4 is 5.73 Å². The van der Waals surface area contributed by atoms with E-state index in [4.69, 9.17) is 10.2 Å². The predicted molar refractivity (Wildman–Crippen MR) is 45.8 cm³/mol. The van der Waals surface area contributed by atoms with E-state index in [9.17, 15) is 0 Å². The molecule has 0 aromatic carbocycles. The molecule has 5 heteroatoms.